The summed E-state index contributed by atoms with van der Waals surface area (Å²) in [6.45, 7) is 2.13. The summed E-state index contributed by atoms with van der Waals surface area (Å²) in [5.74, 6) is 0.918. The van der Waals surface area contributed by atoms with Crippen LogP contribution in [0.1, 0.15) is 11.3 Å². The Morgan fingerprint density at radius 2 is 2.11 bits per heavy atom. The number of aromatic nitrogens is 2. The fourth-order valence-electron chi connectivity index (χ4n) is 1.81. The molecular formula is C14H19N3S. The summed E-state index contributed by atoms with van der Waals surface area (Å²) < 4.78 is 1.82. The van der Waals surface area contributed by atoms with E-state index in [1.54, 1.807) is 0 Å². The van der Waals surface area contributed by atoms with Gasteiger partial charge >= 0.3 is 0 Å². The van der Waals surface area contributed by atoms with Gasteiger partial charge in [0.2, 0.25) is 0 Å². The topological polar surface area (TPSA) is 43.8 Å². The first-order valence-electron chi connectivity index (χ1n) is 6.07. The Morgan fingerprint density at radius 3 is 2.78 bits per heavy atom. The van der Waals surface area contributed by atoms with E-state index in [0.29, 0.717) is 0 Å². The molecule has 1 aromatic heterocycles. The molecule has 0 aliphatic heterocycles. The van der Waals surface area contributed by atoms with Crippen molar-refractivity contribution in [2.24, 2.45) is 12.8 Å². The average molecular weight is 261 g/mol. The highest BCUT2D eigenvalue weighted by molar-refractivity contribution is 7.99. The van der Waals surface area contributed by atoms with Crippen LogP contribution in [0.2, 0.25) is 0 Å². The summed E-state index contributed by atoms with van der Waals surface area (Å²) in [5.41, 5.74) is 8.52. The first kappa shape index (κ1) is 13.2. The molecule has 4 heteroatoms. The smallest absolute Gasteiger partial charge is 0.0640 e. The number of benzene rings is 1. The minimum atomic E-state index is 0.143. The number of thioether (sulfide) groups is 1. The van der Waals surface area contributed by atoms with Gasteiger partial charge < -0.3 is 5.73 Å². The molecule has 1 aromatic carbocycles. The van der Waals surface area contributed by atoms with Gasteiger partial charge in [-0.3, -0.25) is 4.68 Å². The van der Waals surface area contributed by atoms with Gasteiger partial charge in [-0.2, -0.15) is 5.10 Å². The van der Waals surface area contributed by atoms with Crippen LogP contribution in [0.4, 0.5) is 0 Å². The fourth-order valence-corrected chi connectivity index (χ4v) is 2.80. The highest BCUT2D eigenvalue weighted by atomic mass is 32.2. The first-order valence-corrected chi connectivity index (χ1v) is 7.06. The van der Waals surface area contributed by atoms with Crippen molar-refractivity contribution >= 4 is 11.8 Å². The Balaban J connectivity index is 1.85. The number of aryl methyl sites for hydroxylation is 2. The predicted molar refractivity (Wildman–Crippen MR) is 76.8 cm³/mol. The van der Waals surface area contributed by atoms with Crippen LogP contribution in [-0.2, 0) is 13.5 Å². The van der Waals surface area contributed by atoms with E-state index >= 15 is 0 Å². The van der Waals surface area contributed by atoms with Gasteiger partial charge in [0.25, 0.3) is 0 Å². The monoisotopic (exact) mass is 261 g/mol. The Hall–Kier alpha value is -1.26. The second kappa shape index (κ2) is 6.07. The van der Waals surface area contributed by atoms with Gasteiger partial charge in [-0.15, -0.1) is 11.8 Å². The Morgan fingerprint density at radius 1 is 1.33 bits per heavy atom. The van der Waals surface area contributed by atoms with E-state index in [1.165, 1.54) is 10.5 Å². The molecule has 0 radical (unpaired) electrons. The molecule has 1 unspecified atom stereocenters. The maximum atomic E-state index is 6.14. The molecule has 96 valence electrons. The third-order valence-electron chi connectivity index (χ3n) is 2.79. The van der Waals surface area contributed by atoms with Gasteiger partial charge in [0, 0.05) is 36.4 Å². The summed E-state index contributed by atoms with van der Waals surface area (Å²) in [6.07, 6.45) is 2.79. The fraction of sp³-hybridized carbons (Fsp3) is 0.357. The van der Waals surface area contributed by atoms with E-state index in [2.05, 4.69) is 36.3 Å². The zero-order valence-electron chi connectivity index (χ0n) is 10.8. The normalized spacial score (nSPS) is 12.6. The Bertz CT molecular complexity index is 507. The van der Waals surface area contributed by atoms with Crippen molar-refractivity contribution in [2.45, 2.75) is 24.3 Å². The lowest BCUT2D eigenvalue weighted by Crippen LogP contribution is -2.25. The Labute approximate surface area is 112 Å². The number of nitrogens with zero attached hydrogens (tertiary/aromatic N) is 2. The van der Waals surface area contributed by atoms with Crippen LogP contribution in [0.3, 0.4) is 0 Å². The second-order valence-electron chi connectivity index (χ2n) is 4.52. The SMILES string of the molecule is Cc1ccccc1SCC(N)Cc1ccn(C)n1. The van der Waals surface area contributed by atoms with Gasteiger partial charge in [-0.05, 0) is 24.6 Å². The molecule has 0 aliphatic rings. The molecule has 1 atom stereocenters. The van der Waals surface area contributed by atoms with E-state index in [1.807, 2.05) is 35.8 Å². The lowest BCUT2D eigenvalue weighted by Gasteiger charge is -2.10. The molecule has 0 spiro atoms. The molecular weight excluding hydrogens is 242 g/mol. The summed E-state index contributed by atoms with van der Waals surface area (Å²) in [4.78, 5) is 1.31. The van der Waals surface area contributed by atoms with E-state index in [4.69, 9.17) is 5.73 Å². The molecule has 0 bridgehead atoms. The molecule has 0 saturated carbocycles. The lowest BCUT2D eigenvalue weighted by molar-refractivity contribution is 0.691. The lowest BCUT2D eigenvalue weighted by atomic mass is 10.2. The Kier molecular flexibility index (Phi) is 4.44. The number of hydrogen-bond acceptors (Lipinski definition) is 3. The predicted octanol–water partition coefficient (Wildman–Crippen LogP) is 2.39. The molecule has 2 N–H and O–H groups in total. The van der Waals surface area contributed by atoms with Crippen molar-refractivity contribution in [3.63, 3.8) is 0 Å². The van der Waals surface area contributed by atoms with Gasteiger partial charge in [0.05, 0.1) is 5.69 Å². The van der Waals surface area contributed by atoms with Crippen molar-refractivity contribution in [1.29, 1.82) is 0 Å². The minimum absolute atomic E-state index is 0.143. The highest BCUT2D eigenvalue weighted by Gasteiger charge is 2.08. The third-order valence-corrected chi connectivity index (χ3v) is 4.15. The molecule has 0 aliphatic carbocycles. The number of rotatable bonds is 5. The zero-order valence-corrected chi connectivity index (χ0v) is 11.7. The van der Waals surface area contributed by atoms with Crippen LogP contribution in [-0.4, -0.2) is 21.6 Å². The number of hydrogen-bond donors (Lipinski definition) is 1. The highest BCUT2D eigenvalue weighted by Crippen LogP contribution is 2.22. The van der Waals surface area contributed by atoms with Crippen molar-refractivity contribution in [3.05, 3.63) is 47.8 Å². The van der Waals surface area contributed by atoms with Crippen molar-refractivity contribution in [2.75, 3.05) is 5.75 Å². The van der Waals surface area contributed by atoms with Gasteiger partial charge in [-0.25, -0.2) is 0 Å². The van der Waals surface area contributed by atoms with Crippen LogP contribution in [0.15, 0.2) is 41.4 Å². The van der Waals surface area contributed by atoms with E-state index in [-0.39, 0.29) is 6.04 Å². The average Bonchev–Trinajstić information content (AvgIpc) is 2.74. The second-order valence-corrected chi connectivity index (χ2v) is 5.58. The van der Waals surface area contributed by atoms with Crippen LogP contribution in [0, 0.1) is 6.92 Å². The molecule has 3 nitrogen and oxygen atoms in total. The zero-order chi connectivity index (χ0) is 13.0. The van der Waals surface area contributed by atoms with Gasteiger partial charge in [0.15, 0.2) is 0 Å². The van der Waals surface area contributed by atoms with Crippen molar-refractivity contribution in [3.8, 4) is 0 Å². The molecule has 2 rings (SSSR count). The quantitative estimate of drug-likeness (QED) is 0.841. The first-order chi connectivity index (χ1) is 8.65. The summed E-state index contributed by atoms with van der Waals surface area (Å²) in [5, 5.41) is 4.35. The van der Waals surface area contributed by atoms with Crippen molar-refractivity contribution < 1.29 is 0 Å². The summed E-state index contributed by atoms with van der Waals surface area (Å²) in [7, 11) is 1.93. The van der Waals surface area contributed by atoms with Crippen LogP contribution in [0.5, 0.6) is 0 Å². The number of nitrogens with two attached hydrogens (primary N) is 1. The van der Waals surface area contributed by atoms with E-state index in [0.717, 1.165) is 17.9 Å². The van der Waals surface area contributed by atoms with Crippen LogP contribution >= 0.6 is 11.8 Å². The van der Waals surface area contributed by atoms with Crippen LogP contribution in [0.25, 0.3) is 0 Å². The molecule has 18 heavy (non-hydrogen) atoms. The summed E-state index contributed by atoms with van der Waals surface area (Å²) in [6, 6.07) is 10.6. The third kappa shape index (κ3) is 3.62. The molecule has 0 amide bonds. The standard InChI is InChI=1S/C14H19N3S/c1-11-5-3-4-6-14(11)18-10-12(15)9-13-7-8-17(2)16-13/h3-8,12H,9-10,15H2,1-2H3. The maximum Gasteiger partial charge on any atom is 0.0640 e. The summed E-state index contributed by atoms with van der Waals surface area (Å²) >= 11 is 1.82. The molecule has 0 saturated heterocycles. The molecule has 1 heterocycles. The van der Waals surface area contributed by atoms with E-state index < -0.39 is 0 Å². The van der Waals surface area contributed by atoms with Gasteiger partial charge in [-0.1, -0.05) is 18.2 Å². The van der Waals surface area contributed by atoms with Crippen molar-refractivity contribution in [1.82, 2.24) is 9.78 Å². The minimum Gasteiger partial charge on any atom is -0.327 e. The van der Waals surface area contributed by atoms with Crippen LogP contribution < -0.4 is 5.73 Å². The van der Waals surface area contributed by atoms with Gasteiger partial charge in [0.1, 0.15) is 0 Å². The maximum absolute atomic E-state index is 6.14. The molecule has 2 aromatic rings. The molecule has 0 fully saturated rings. The largest absolute Gasteiger partial charge is 0.327 e. The van der Waals surface area contributed by atoms with E-state index in [9.17, 15) is 0 Å².